The highest BCUT2D eigenvalue weighted by Crippen LogP contribution is 2.51. The second-order valence-electron chi connectivity index (χ2n) is 6.07. The lowest BCUT2D eigenvalue weighted by atomic mass is 9.67. The Balaban J connectivity index is 1.93. The number of hydrogen-bond donors (Lipinski definition) is 1. The molecule has 1 aliphatic carbocycles. The third-order valence-electron chi connectivity index (χ3n) is 4.70. The topological polar surface area (TPSA) is 101 Å². The van der Waals surface area contributed by atoms with Gasteiger partial charge in [0.05, 0.1) is 7.11 Å². The molecule has 2 aliphatic rings. The van der Waals surface area contributed by atoms with Crippen LogP contribution in [-0.2, 0) is 19.6 Å². The molecule has 3 rings (SSSR count). The summed E-state index contributed by atoms with van der Waals surface area (Å²) in [6.45, 7) is 0.234. The number of rotatable bonds is 4. The molecule has 126 valence electrons. The zero-order chi connectivity index (χ0) is 16.8. The van der Waals surface area contributed by atoms with Crippen molar-refractivity contribution in [3.8, 4) is 0 Å². The number of esters is 1. The molecule has 1 saturated carbocycles. The number of carbonyl (C=O) groups is 2. The molecule has 0 aromatic carbocycles. The normalized spacial score (nSPS) is 23.6. The maximum atomic E-state index is 12.8. The van der Waals surface area contributed by atoms with Crippen LogP contribution in [0.1, 0.15) is 35.4 Å². The van der Waals surface area contributed by atoms with Crippen molar-refractivity contribution in [2.45, 2.75) is 35.9 Å². The molecule has 2 fully saturated rings. The van der Waals surface area contributed by atoms with Crippen LogP contribution in [0, 0.1) is 5.41 Å². The van der Waals surface area contributed by atoms with Crippen LogP contribution in [0.3, 0.4) is 0 Å². The molecular formula is C14H17NO6S2. The van der Waals surface area contributed by atoms with Crippen molar-refractivity contribution in [1.82, 2.24) is 4.31 Å². The van der Waals surface area contributed by atoms with Gasteiger partial charge < -0.3 is 9.84 Å². The summed E-state index contributed by atoms with van der Waals surface area (Å²) in [5.41, 5.74) is -0.196. The first-order chi connectivity index (χ1) is 10.8. The van der Waals surface area contributed by atoms with Gasteiger partial charge >= 0.3 is 11.9 Å². The Morgan fingerprint density at radius 2 is 2.09 bits per heavy atom. The molecule has 1 aromatic rings. The van der Waals surface area contributed by atoms with Crippen molar-refractivity contribution in [1.29, 1.82) is 0 Å². The van der Waals surface area contributed by atoms with Gasteiger partial charge in [0.15, 0.2) is 0 Å². The first-order valence-electron chi connectivity index (χ1n) is 7.22. The summed E-state index contributed by atoms with van der Waals surface area (Å²) in [5.74, 6) is -1.73. The van der Waals surface area contributed by atoms with Gasteiger partial charge in [-0.2, -0.15) is 4.31 Å². The van der Waals surface area contributed by atoms with Crippen LogP contribution in [0.25, 0.3) is 0 Å². The van der Waals surface area contributed by atoms with Crippen molar-refractivity contribution in [2.75, 3.05) is 13.7 Å². The van der Waals surface area contributed by atoms with Crippen LogP contribution in [-0.4, -0.2) is 49.5 Å². The number of nitrogens with zero attached hydrogens (tertiary/aromatic N) is 1. The van der Waals surface area contributed by atoms with Crippen molar-refractivity contribution in [3.05, 3.63) is 17.0 Å². The molecule has 1 spiro atoms. The number of aliphatic carboxylic acids is 1. The van der Waals surface area contributed by atoms with Crippen LogP contribution < -0.4 is 0 Å². The first kappa shape index (κ1) is 16.4. The second-order valence-corrected chi connectivity index (χ2v) is 9.27. The molecule has 0 amide bonds. The van der Waals surface area contributed by atoms with E-state index in [1.54, 1.807) is 0 Å². The van der Waals surface area contributed by atoms with Gasteiger partial charge in [0.25, 0.3) is 10.0 Å². The fourth-order valence-corrected chi connectivity index (χ4v) is 6.35. The average molecular weight is 359 g/mol. The minimum Gasteiger partial charge on any atom is -0.480 e. The maximum absolute atomic E-state index is 12.8. The molecule has 7 nitrogen and oxygen atoms in total. The fraction of sp³-hybridized carbons (Fsp3) is 0.571. The van der Waals surface area contributed by atoms with Crippen molar-refractivity contribution in [3.63, 3.8) is 0 Å². The highest BCUT2D eigenvalue weighted by atomic mass is 32.2. The van der Waals surface area contributed by atoms with E-state index in [9.17, 15) is 23.1 Å². The Labute approximate surface area is 137 Å². The van der Waals surface area contributed by atoms with E-state index in [2.05, 4.69) is 4.74 Å². The molecule has 1 saturated heterocycles. The van der Waals surface area contributed by atoms with E-state index in [-0.39, 0.29) is 21.0 Å². The molecule has 2 heterocycles. The minimum atomic E-state index is -3.94. The summed E-state index contributed by atoms with van der Waals surface area (Å²) >= 11 is 0.802. The third-order valence-corrected chi connectivity index (χ3v) is 8.08. The Kier molecular flexibility index (Phi) is 3.97. The number of carboxylic acid groups (broad SMARTS) is 1. The standard InChI is InChI=1S/C14H17NO6S2/c1-21-13(18)10-3-4-11(22-10)23(19,20)15-8-14(5-2-6-14)7-9(15)12(16)17/h3-4,9H,2,5-8H2,1H3,(H,16,17). The van der Waals surface area contributed by atoms with Gasteiger partial charge in [0, 0.05) is 6.54 Å². The lowest BCUT2D eigenvalue weighted by Crippen LogP contribution is -2.40. The molecule has 23 heavy (non-hydrogen) atoms. The Morgan fingerprint density at radius 1 is 1.39 bits per heavy atom. The van der Waals surface area contributed by atoms with Crippen molar-refractivity contribution < 1.29 is 27.9 Å². The van der Waals surface area contributed by atoms with E-state index in [0.29, 0.717) is 6.42 Å². The minimum absolute atomic E-state index is 0.0273. The Morgan fingerprint density at radius 3 is 2.61 bits per heavy atom. The van der Waals surface area contributed by atoms with E-state index in [0.717, 1.165) is 34.9 Å². The fourth-order valence-electron chi connectivity index (χ4n) is 3.30. The lowest BCUT2D eigenvalue weighted by molar-refractivity contribution is -0.140. The van der Waals surface area contributed by atoms with Gasteiger partial charge in [-0.15, -0.1) is 11.3 Å². The van der Waals surface area contributed by atoms with Crippen LogP contribution in [0.4, 0.5) is 0 Å². The third kappa shape index (κ3) is 2.66. The Hall–Kier alpha value is -1.45. The predicted octanol–water partition coefficient (Wildman–Crippen LogP) is 1.55. The van der Waals surface area contributed by atoms with Crippen LogP contribution >= 0.6 is 11.3 Å². The number of carboxylic acids is 1. The molecule has 1 atom stereocenters. The highest BCUT2D eigenvalue weighted by molar-refractivity contribution is 7.91. The van der Waals surface area contributed by atoms with Gasteiger partial charge in [-0.3, -0.25) is 4.79 Å². The first-order valence-corrected chi connectivity index (χ1v) is 9.48. The van der Waals surface area contributed by atoms with Crippen molar-refractivity contribution >= 4 is 33.3 Å². The number of ether oxygens (including phenoxy) is 1. The van der Waals surface area contributed by atoms with E-state index < -0.39 is 28.0 Å². The second kappa shape index (κ2) is 5.57. The average Bonchev–Trinajstić information content (AvgIpc) is 3.11. The molecule has 1 aromatic heterocycles. The number of methoxy groups -OCH3 is 1. The van der Waals surface area contributed by atoms with E-state index >= 15 is 0 Å². The maximum Gasteiger partial charge on any atom is 0.348 e. The Bertz CT molecular complexity index is 749. The predicted molar refractivity (Wildman–Crippen MR) is 81.9 cm³/mol. The van der Waals surface area contributed by atoms with E-state index in [4.69, 9.17) is 0 Å². The zero-order valence-electron chi connectivity index (χ0n) is 12.5. The molecule has 1 N–H and O–H groups in total. The number of carbonyl (C=O) groups excluding carboxylic acids is 1. The zero-order valence-corrected chi connectivity index (χ0v) is 14.2. The summed E-state index contributed by atoms with van der Waals surface area (Å²) in [6, 6.07) is 1.68. The molecule has 1 aliphatic heterocycles. The highest BCUT2D eigenvalue weighted by Gasteiger charge is 2.54. The smallest absolute Gasteiger partial charge is 0.348 e. The van der Waals surface area contributed by atoms with Crippen LogP contribution in [0.15, 0.2) is 16.3 Å². The number of sulfonamides is 1. The number of hydrogen-bond acceptors (Lipinski definition) is 6. The van der Waals surface area contributed by atoms with Gasteiger partial charge in [-0.25, -0.2) is 13.2 Å². The molecule has 0 radical (unpaired) electrons. The quantitative estimate of drug-likeness (QED) is 0.819. The van der Waals surface area contributed by atoms with E-state index in [1.807, 2.05) is 0 Å². The summed E-state index contributed by atoms with van der Waals surface area (Å²) in [7, 11) is -2.72. The van der Waals surface area contributed by atoms with E-state index in [1.165, 1.54) is 19.2 Å². The van der Waals surface area contributed by atoms with Gasteiger partial charge in [0.2, 0.25) is 0 Å². The lowest BCUT2D eigenvalue weighted by Gasteiger charge is -2.37. The van der Waals surface area contributed by atoms with Gasteiger partial charge in [-0.1, -0.05) is 6.42 Å². The van der Waals surface area contributed by atoms with Gasteiger partial charge in [0.1, 0.15) is 15.1 Å². The molecule has 0 bridgehead atoms. The SMILES string of the molecule is COC(=O)c1ccc(S(=O)(=O)N2CC3(CCC3)CC2C(=O)O)s1. The summed E-state index contributed by atoms with van der Waals surface area (Å²) in [6.07, 6.45) is 3.09. The molecule has 9 heteroatoms. The number of thiophene rings is 1. The van der Waals surface area contributed by atoms with Gasteiger partial charge in [-0.05, 0) is 36.8 Å². The summed E-state index contributed by atoms with van der Waals surface area (Å²) in [5, 5.41) is 9.40. The molecular weight excluding hydrogens is 342 g/mol. The van der Waals surface area contributed by atoms with Crippen LogP contribution in [0.5, 0.6) is 0 Å². The van der Waals surface area contributed by atoms with Crippen molar-refractivity contribution in [2.24, 2.45) is 5.41 Å². The summed E-state index contributed by atoms with van der Waals surface area (Å²) in [4.78, 5) is 23.2. The van der Waals surface area contributed by atoms with Crippen LogP contribution in [0.2, 0.25) is 0 Å². The monoisotopic (exact) mass is 359 g/mol. The largest absolute Gasteiger partial charge is 0.480 e. The molecule has 1 unspecified atom stereocenters. The summed E-state index contributed by atoms with van der Waals surface area (Å²) < 4.78 is 31.3.